The van der Waals surface area contributed by atoms with E-state index >= 15 is 0 Å². The molecule has 0 aliphatic rings. The van der Waals surface area contributed by atoms with E-state index in [9.17, 15) is 4.79 Å². The molecule has 2 amide bonds. The van der Waals surface area contributed by atoms with Gasteiger partial charge >= 0.3 is 12.0 Å². The minimum atomic E-state index is -0.224. The number of aryl methyl sites for hydroxylation is 1. The largest absolute Gasteiger partial charge is 0.424 e. The highest BCUT2D eigenvalue weighted by Gasteiger charge is 2.03. The molecule has 6 heteroatoms. The van der Waals surface area contributed by atoms with Gasteiger partial charge < -0.3 is 15.4 Å². The molecule has 0 fully saturated rings. The van der Waals surface area contributed by atoms with E-state index < -0.39 is 0 Å². The predicted octanol–water partition coefficient (Wildman–Crippen LogP) is 4.02. The maximum Gasteiger partial charge on any atom is 0.321 e. The van der Waals surface area contributed by atoms with Crippen LogP contribution in [-0.4, -0.2) is 22.5 Å². The van der Waals surface area contributed by atoms with Gasteiger partial charge in [-0.3, -0.25) is 0 Å². The van der Waals surface area contributed by atoms with Crippen LogP contribution in [0.15, 0.2) is 73.1 Å². The zero-order chi connectivity index (χ0) is 18.0. The first-order valence-corrected chi connectivity index (χ1v) is 8.43. The molecule has 6 nitrogen and oxygen atoms in total. The molecule has 0 aliphatic carbocycles. The number of hydrogen-bond donors (Lipinski definition) is 2. The molecule has 0 bridgehead atoms. The Hall–Kier alpha value is -3.41. The van der Waals surface area contributed by atoms with Crippen LogP contribution in [0.1, 0.15) is 12.0 Å². The summed E-state index contributed by atoms with van der Waals surface area (Å²) in [5, 5.41) is 5.65. The summed E-state index contributed by atoms with van der Waals surface area (Å²) in [4.78, 5) is 19.9. The summed E-state index contributed by atoms with van der Waals surface area (Å²) in [5.74, 6) is 0.602. The summed E-state index contributed by atoms with van der Waals surface area (Å²) in [6.07, 6.45) is 5.05. The topological polar surface area (TPSA) is 76.1 Å². The molecule has 2 aromatic carbocycles. The van der Waals surface area contributed by atoms with E-state index in [2.05, 4.69) is 32.7 Å². The number of aromatic nitrogens is 2. The number of anilines is 1. The van der Waals surface area contributed by atoms with Crippen LogP contribution in [0.4, 0.5) is 10.5 Å². The molecule has 3 aromatic rings. The van der Waals surface area contributed by atoms with Gasteiger partial charge in [-0.2, -0.15) is 0 Å². The lowest BCUT2D eigenvalue weighted by Crippen LogP contribution is -2.29. The van der Waals surface area contributed by atoms with E-state index in [4.69, 9.17) is 4.74 Å². The van der Waals surface area contributed by atoms with Crippen molar-refractivity contribution in [1.29, 1.82) is 0 Å². The predicted molar refractivity (Wildman–Crippen MR) is 100 cm³/mol. The fourth-order valence-corrected chi connectivity index (χ4v) is 2.36. The SMILES string of the molecule is O=C(NCCCc1ccccc1)Nc1ccc(Oc2ncccn2)cc1. The number of rotatable bonds is 7. The molecule has 1 aromatic heterocycles. The van der Waals surface area contributed by atoms with Crippen molar-refractivity contribution in [3.8, 4) is 11.8 Å². The zero-order valence-electron chi connectivity index (χ0n) is 14.3. The number of benzene rings is 2. The van der Waals surface area contributed by atoms with Crippen LogP contribution in [0, 0.1) is 0 Å². The van der Waals surface area contributed by atoms with E-state index in [1.54, 1.807) is 42.7 Å². The molecule has 0 aliphatic heterocycles. The molecular formula is C20H20N4O2. The number of hydrogen-bond acceptors (Lipinski definition) is 4. The first-order chi connectivity index (χ1) is 12.8. The van der Waals surface area contributed by atoms with Gasteiger partial charge in [-0.25, -0.2) is 14.8 Å². The quantitative estimate of drug-likeness (QED) is 0.632. The van der Waals surface area contributed by atoms with Crippen LogP contribution in [0.5, 0.6) is 11.8 Å². The number of nitrogens with zero attached hydrogens (tertiary/aromatic N) is 2. The van der Waals surface area contributed by atoms with Crippen LogP contribution in [0.2, 0.25) is 0 Å². The van der Waals surface area contributed by atoms with E-state index in [1.165, 1.54) is 5.56 Å². The first-order valence-electron chi connectivity index (χ1n) is 8.43. The van der Waals surface area contributed by atoms with Crippen LogP contribution >= 0.6 is 0 Å². The average Bonchev–Trinajstić information content (AvgIpc) is 2.68. The number of nitrogens with one attached hydrogen (secondary N) is 2. The van der Waals surface area contributed by atoms with Gasteiger partial charge in [-0.15, -0.1) is 0 Å². The average molecular weight is 348 g/mol. The van der Waals surface area contributed by atoms with Crippen molar-refractivity contribution in [2.75, 3.05) is 11.9 Å². The molecule has 2 N–H and O–H groups in total. The molecule has 3 rings (SSSR count). The number of urea groups is 1. The third kappa shape index (κ3) is 5.59. The highest BCUT2D eigenvalue weighted by atomic mass is 16.5. The Morgan fingerprint density at radius 1 is 0.923 bits per heavy atom. The monoisotopic (exact) mass is 348 g/mol. The fraction of sp³-hybridized carbons (Fsp3) is 0.150. The summed E-state index contributed by atoms with van der Waals surface area (Å²) in [7, 11) is 0. The molecule has 0 spiro atoms. The summed E-state index contributed by atoms with van der Waals surface area (Å²) in [6.45, 7) is 0.618. The van der Waals surface area contributed by atoms with Crippen molar-refractivity contribution in [3.05, 3.63) is 78.6 Å². The fourth-order valence-electron chi connectivity index (χ4n) is 2.36. The van der Waals surface area contributed by atoms with Crippen LogP contribution in [0.25, 0.3) is 0 Å². The Bertz CT molecular complexity index is 808. The molecule has 26 heavy (non-hydrogen) atoms. The molecular weight excluding hydrogens is 328 g/mol. The van der Waals surface area contributed by atoms with Crippen molar-refractivity contribution >= 4 is 11.7 Å². The van der Waals surface area contributed by atoms with Gasteiger partial charge in [0.25, 0.3) is 0 Å². The van der Waals surface area contributed by atoms with Crippen LogP contribution in [0.3, 0.4) is 0 Å². The molecule has 0 saturated heterocycles. The highest BCUT2D eigenvalue weighted by Crippen LogP contribution is 2.19. The Labute approximate surface area is 152 Å². The lowest BCUT2D eigenvalue weighted by atomic mass is 10.1. The van der Waals surface area contributed by atoms with Gasteiger partial charge in [-0.05, 0) is 48.7 Å². The molecule has 0 radical (unpaired) electrons. The second kappa shape index (κ2) is 9.17. The minimum Gasteiger partial charge on any atom is -0.424 e. The van der Waals surface area contributed by atoms with Crippen molar-refractivity contribution < 1.29 is 9.53 Å². The molecule has 132 valence electrons. The van der Waals surface area contributed by atoms with Gasteiger partial charge in [0.15, 0.2) is 0 Å². The normalized spacial score (nSPS) is 10.2. The summed E-state index contributed by atoms with van der Waals surface area (Å²) in [6, 6.07) is 19.0. The zero-order valence-corrected chi connectivity index (χ0v) is 14.3. The lowest BCUT2D eigenvalue weighted by Gasteiger charge is -2.08. The van der Waals surface area contributed by atoms with Gasteiger partial charge in [0.1, 0.15) is 5.75 Å². The van der Waals surface area contributed by atoms with Crippen LogP contribution in [-0.2, 0) is 6.42 Å². The number of ether oxygens (including phenoxy) is 1. The molecule has 0 unspecified atom stereocenters. The third-order valence-corrected chi connectivity index (χ3v) is 3.63. The summed E-state index contributed by atoms with van der Waals surface area (Å²) in [5.41, 5.74) is 1.96. The third-order valence-electron chi connectivity index (χ3n) is 3.63. The Kier molecular flexibility index (Phi) is 6.14. The maximum absolute atomic E-state index is 11.9. The smallest absolute Gasteiger partial charge is 0.321 e. The molecule has 1 heterocycles. The van der Waals surface area contributed by atoms with Crippen molar-refractivity contribution in [1.82, 2.24) is 15.3 Å². The molecule has 0 saturated carbocycles. The molecule has 0 atom stereocenters. The van der Waals surface area contributed by atoms with Crippen molar-refractivity contribution in [2.45, 2.75) is 12.8 Å². The van der Waals surface area contributed by atoms with Gasteiger partial charge in [0, 0.05) is 24.6 Å². The highest BCUT2D eigenvalue weighted by molar-refractivity contribution is 5.89. The standard InChI is InChI=1S/C20H20N4O2/c25-19(21-13-4-8-16-6-2-1-3-7-16)24-17-9-11-18(12-10-17)26-20-22-14-5-15-23-20/h1-3,5-7,9-12,14-15H,4,8,13H2,(H2,21,24,25). The Morgan fingerprint density at radius 2 is 1.65 bits per heavy atom. The van der Waals surface area contributed by atoms with Crippen molar-refractivity contribution in [2.24, 2.45) is 0 Å². The van der Waals surface area contributed by atoms with E-state index in [-0.39, 0.29) is 12.0 Å². The maximum atomic E-state index is 11.9. The number of carbonyl (C=O) groups excluding carboxylic acids is 1. The van der Waals surface area contributed by atoms with Gasteiger partial charge in [-0.1, -0.05) is 30.3 Å². The number of carbonyl (C=O) groups is 1. The Morgan fingerprint density at radius 3 is 2.38 bits per heavy atom. The Balaban J connectivity index is 1.40. The van der Waals surface area contributed by atoms with Crippen LogP contribution < -0.4 is 15.4 Å². The van der Waals surface area contributed by atoms with E-state index in [0.717, 1.165) is 12.8 Å². The number of amides is 2. The van der Waals surface area contributed by atoms with E-state index in [1.807, 2.05) is 18.2 Å². The second-order valence-corrected chi connectivity index (χ2v) is 5.63. The summed E-state index contributed by atoms with van der Waals surface area (Å²) >= 11 is 0. The van der Waals surface area contributed by atoms with Gasteiger partial charge in [0.2, 0.25) is 0 Å². The lowest BCUT2D eigenvalue weighted by molar-refractivity contribution is 0.252. The van der Waals surface area contributed by atoms with Crippen molar-refractivity contribution in [3.63, 3.8) is 0 Å². The van der Waals surface area contributed by atoms with E-state index in [0.29, 0.717) is 18.0 Å². The summed E-state index contributed by atoms with van der Waals surface area (Å²) < 4.78 is 5.51. The second-order valence-electron chi connectivity index (χ2n) is 5.63. The minimum absolute atomic E-state index is 0.224. The van der Waals surface area contributed by atoms with Gasteiger partial charge in [0.05, 0.1) is 0 Å². The first kappa shape index (κ1) is 17.4.